The van der Waals surface area contributed by atoms with Gasteiger partial charge in [0.2, 0.25) is 5.82 Å². The first kappa shape index (κ1) is 21.9. The van der Waals surface area contributed by atoms with Crippen molar-refractivity contribution in [1.29, 1.82) is 0 Å². The molecule has 2 heterocycles. The summed E-state index contributed by atoms with van der Waals surface area (Å²) in [7, 11) is 0. The number of aryl methyl sites for hydroxylation is 1. The number of nitrogens with zero attached hydrogens (tertiary/aromatic N) is 3. The van der Waals surface area contributed by atoms with E-state index in [1.165, 1.54) is 12.1 Å². The van der Waals surface area contributed by atoms with Crippen LogP contribution < -0.4 is 10.2 Å². The van der Waals surface area contributed by atoms with Gasteiger partial charge in [0.15, 0.2) is 0 Å². The summed E-state index contributed by atoms with van der Waals surface area (Å²) in [6.07, 6.45) is 0. The third kappa shape index (κ3) is 4.06. The largest absolute Gasteiger partial charge is 0.334 e. The fourth-order valence-electron chi connectivity index (χ4n) is 4.04. The van der Waals surface area contributed by atoms with E-state index in [0.717, 1.165) is 11.1 Å². The lowest BCUT2D eigenvalue weighted by molar-refractivity contribution is 0.244. The van der Waals surface area contributed by atoms with Gasteiger partial charge < -0.3 is 9.84 Å². The number of halogens is 2. The average molecular weight is 475 g/mol. The van der Waals surface area contributed by atoms with Crippen LogP contribution in [0.1, 0.15) is 30.0 Å². The van der Waals surface area contributed by atoms with Crippen LogP contribution in [0, 0.1) is 12.7 Å². The van der Waals surface area contributed by atoms with Crippen molar-refractivity contribution in [2.45, 2.75) is 19.9 Å². The molecule has 4 aromatic rings. The molecular formula is C26H20ClFN4O2. The Kier molecular flexibility index (Phi) is 5.63. The summed E-state index contributed by atoms with van der Waals surface area (Å²) < 4.78 is 19.4. The number of carbonyl (C=O) groups is 1. The second-order valence-corrected chi connectivity index (χ2v) is 8.48. The lowest BCUT2D eigenvalue weighted by Crippen LogP contribution is -2.46. The van der Waals surface area contributed by atoms with E-state index in [9.17, 15) is 9.18 Å². The molecule has 1 unspecified atom stereocenters. The molecule has 0 spiro atoms. The second-order valence-electron chi connectivity index (χ2n) is 8.04. The number of carbonyl (C=O) groups excluding carboxylic acids is 1. The van der Waals surface area contributed by atoms with E-state index in [2.05, 4.69) is 15.5 Å². The van der Waals surface area contributed by atoms with Gasteiger partial charge in [-0.3, -0.25) is 4.90 Å². The molecule has 1 aromatic heterocycles. The van der Waals surface area contributed by atoms with Crippen LogP contribution in [0.15, 0.2) is 83.0 Å². The molecule has 0 aliphatic carbocycles. The zero-order valence-corrected chi connectivity index (χ0v) is 19.2. The van der Waals surface area contributed by atoms with E-state index < -0.39 is 11.9 Å². The smallest absolute Gasteiger partial charge is 0.326 e. The Bertz CT molecular complexity index is 1410. The molecule has 2 amide bonds. The van der Waals surface area contributed by atoms with Crippen LogP contribution >= 0.6 is 11.6 Å². The predicted octanol–water partition coefficient (Wildman–Crippen LogP) is 6.54. The summed E-state index contributed by atoms with van der Waals surface area (Å²) in [5, 5.41) is 7.65. The van der Waals surface area contributed by atoms with Crippen molar-refractivity contribution in [1.82, 2.24) is 15.5 Å². The van der Waals surface area contributed by atoms with Gasteiger partial charge in [0.1, 0.15) is 5.82 Å². The lowest BCUT2D eigenvalue weighted by Gasteiger charge is -2.35. The van der Waals surface area contributed by atoms with Crippen LogP contribution in [0.3, 0.4) is 0 Å². The van der Waals surface area contributed by atoms with Gasteiger partial charge in [-0.2, -0.15) is 4.98 Å². The Morgan fingerprint density at radius 1 is 1.03 bits per heavy atom. The molecule has 0 saturated carbocycles. The summed E-state index contributed by atoms with van der Waals surface area (Å²) >= 11 is 6.24. The SMILES string of the molecule is CC1=C(c2nc(-c3cccc(F)c3)no2)C(c2cccc(Cl)c2)NC(=O)N1c1ccc(C)cc1. The van der Waals surface area contributed by atoms with Gasteiger partial charge >= 0.3 is 6.03 Å². The molecule has 5 rings (SSSR count). The van der Waals surface area contributed by atoms with Crippen LogP contribution in [0.4, 0.5) is 14.9 Å². The van der Waals surface area contributed by atoms with Gasteiger partial charge in [-0.05, 0) is 55.8 Å². The van der Waals surface area contributed by atoms with Crippen molar-refractivity contribution < 1.29 is 13.7 Å². The predicted molar refractivity (Wildman–Crippen MR) is 129 cm³/mol. The van der Waals surface area contributed by atoms with Crippen LogP contribution in [0.2, 0.25) is 5.02 Å². The van der Waals surface area contributed by atoms with E-state index in [1.807, 2.05) is 50.2 Å². The van der Waals surface area contributed by atoms with E-state index in [4.69, 9.17) is 16.1 Å². The first-order chi connectivity index (χ1) is 16.4. The second kappa shape index (κ2) is 8.76. The number of hydrogen-bond acceptors (Lipinski definition) is 4. The fraction of sp³-hybridized carbons (Fsp3) is 0.115. The maximum atomic E-state index is 13.7. The zero-order chi connectivity index (χ0) is 23.8. The minimum absolute atomic E-state index is 0.221. The molecular weight excluding hydrogens is 455 g/mol. The van der Waals surface area contributed by atoms with Crippen LogP contribution in [0.5, 0.6) is 0 Å². The molecule has 1 atom stereocenters. The highest BCUT2D eigenvalue weighted by Gasteiger charge is 2.36. The van der Waals surface area contributed by atoms with E-state index in [1.54, 1.807) is 29.2 Å². The average Bonchev–Trinajstić information content (AvgIpc) is 3.30. The van der Waals surface area contributed by atoms with Crippen molar-refractivity contribution in [3.8, 4) is 11.4 Å². The molecule has 0 saturated heterocycles. The fourth-order valence-corrected chi connectivity index (χ4v) is 4.24. The zero-order valence-electron chi connectivity index (χ0n) is 18.4. The van der Waals surface area contributed by atoms with Crippen molar-refractivity contribution in [3.05, 3.63) is 106 Å². The van der Waals surface area contributed by atoms with E-state index in [-0.39, 0.29) is 17.7 Å². The Morgan fingerprint density at radius 2 is 1.79 bits per heavy atom. The first-order valence-electron chi connectivity index (χ1n) is 10.6. The van der Waals surface area contributed by atoms with Crippen molar-refractivity contribution in [2.24, 2.45) is 0 Å². The Morgan fingerprint density at radius 3 is 2.53 bits per heavy atom. The Hall–Kier alpha value is -3.97. The molecule has 6 nitrogen and oxygen atoms in total. The van der Waals surface area contributed by atoms with Gasteiger partial charge in [0.25, 0.3) is 5.89 Å². The highest BCUT2D eigenvalue weighted by Crippen LogP contribution is 2.39. The standard InChI is InChI=1S/C26H20ClFN4O2/c1-15-9-11-21(12-10-15)32-16(2)22(23(29-26(32)33)17-5-3-7-19(27)13-17)25-30-24(31-34-25)18-6-4-8-20(28)14-18/h3-14,23H,1-2H3,(H,29,33). The molecule has 0 radical (unpaired) electrons. The van der Waals surface area contributed by atoms with E-state index >= 15 is 0 Å². The van der Waals surface area contributed by atoms with Crippen molar-refractivity contribution >= 4 is 28.9 Å². The van der Waals surface area contributed by atoms with Crippen molar-refractivity contribution in [3.63, 3.8) is 0 Å². The number of benzene rings is 3. The highest BCUT2D eigenvalue weighted by molar-refractivity contribution is 6.30. The van der Waals surface area contributed by atoms with Gasteiger partial charge in [-0.25, -0.2) is 9.18 Å². The molecule has 8 heteroatoms. The van der Waals surface area contributed by atoms with Crippen LogP contribution in [-0.2, 0) is 0 Å². The summed E-state index contributed by atoms with van der Waals surface area (Å²) in [6, 6.07) is 20.0. The number of hydrogen-bond donors (Lipinski definition) is 1. The number of anilines is 1. The molecule has 0 bridgehead atoms. The summed E-state index contributed by atoms with van der Waals surface area (Å²) in [4.78, 5) is 19.4. The number of amides is 2. The normalized spacial score (nSPS) is 16.1. The maximum Gasteiger partial charge on any atom is 0.326 e. The third-order valence-electron chi connectivity index (χ3n) is 5.70. The monoisotopic (exact) mass is 474 g/mol. The van der Waals surface area contributed by atoms with Gasteiger partial charge in [-0.15, -0.1) is 0 Å². The molecule has 1 aliphatic rings. The minimum atomic E-state index is -0.575. The quantitative estimate of drug-likeness (QED) is 0.364. The number of urea groups is 1. The third-order valence-corrected chi connectivity index (χ3v) is 5.93. The molecule has 0 fully saturated rings. The molecule has 3 aromatic carbocycles. The first-order valence-corrected chi connectivity index (χ1v) is 11.0. The van der Waals surface area contributed by atoms with Crippen molar-refractivity contribution in [2.75, 3.05) is 4.90 Å². The van der Waals surface area contributed by atoms with Gasteiger partial charge in [-0.1, -0.05) is 58.7 Å². The highest BCUT2D eigenvalue weighted by atomic mass is 35.5. The van der Waals surface area contributed by atoms with E-state index in [0.29, 0.717) is 27.5 Å². The maximum absolute atomic E-state index is 13.7. The van der Waals surface area contributed by atoms with Gasteiger partial charge in [0.05, 0.1) is 17.3 Å². The van der Waals surface area contributed by atoms with Gasteiger partial charge in [0, 0.05) is 16.3 Å². The topological polar surface area (TPSA) is 71.3 Å². The Labute approximate surface area is 200 Å². The lowest BCUT2D eigenvalue weighted by atomic mass is 9.94. The van der Waals surface area contributed by atoms with Crippen LogP contribution in [0.25, 0.3) is 17.0 Å². The molecule has 34 heavy (non-hydrogen) atoms. The molecule has 1 aliphatic heterocycles. The minimum Gasteiger partial charge on any atom is -0.334 e. The Balaban J connectivity index is 1.66. The summed E-state index contributed by atoms with van der Waals surface area (Å²) in [5.41, 5.74) is 4.29. The summed E-state index contributed by atoms with van der Waals surface area (Å²) in [6.45, 7) is 3.81. The molecule has 170 valence electrons. The number of allylic oxidation sites excluding steroid dienone is 1. The number of nitrogens with one attached hydrogen (secondary N) is 1. The number of aromatic nitrogens is 2. The van der Waals surface area contributed by atoms with Crippen LogP contribution in [-0.4, -0.2) is 16.2 Å². The molecule has 1 N–H and O–H groups in total. The summed E-state index contributed by atoms with van der Waals surface area (Å²) in [5.74, 6) is 0.0730. The number of rotatable bonds is 4.